The Kier molecular flexibility index (Phi) is 5.49. The third-order valence-electron chi connectivity index (χ3n) is 3.90. The fourth-order valence-corrected chi connectivity index (χ4v) is 2.64. The molecule has 0 radical (unpaired) electrons. The second-order valence-corrected chi connectivity index (χ2v) is 6.45. The number of hydrogen-bond donors (Lipinski definition) is 2. The highest BCUT2D eigenvalue weighted by atomic mass is 35.5. The van der Waals surface area contributed by atoms with Crippen molar-refractivity contribution in [3.63, 3.8) is 0 Å². The van der Waals surface area contributed by atoms with Gasteiger partial charge in [0.2, 0.25) is 5.95 Å². The summed E-state index contributed by atoms with van der Waals surface area (Å²) in [5.41, 5.74) is 4.33. The van der Waals surface area contributed by atoms with Crippen molar-refractivity contribution in [1.82, 2.24) is 15.3 Å². The van der Waals surface area contributed by atoms with Gasteiger partial charge < -0.3 is 10.6 Å². The summed E-state index contributed by atoms with van der Waals surface area (Å²) in [6, 6.07) is 15.1. The minimum absolute atomic E-state index is 0.246. The summed E-state index contributed by atoms with van der Waals surface area (Å²) in [5, 5.41) is 6.65. The van der Waals surface area contributed by atoms with E-state index in [1.807, 2.05) is 50.2 Å². The maximum absolute atomic E-state index is 12.4. The number of carbonyl (C=O) groups is 1. The standard InChI is InChI=1S/C20H19ClN4O/c1-13-3-5-15(6-4-13)12-23-19(26)18-9-10-22-20(25-18)24-17-8-7-16(21)11-14(17)2/h3-11H,12H2,1-2H3,(H,23,26)(H,22,24,25). The molecule has 0 bridgehead atoms. The van der Waals surface area contributed by atoms with Gasteiger partial charge in [-0.3, -0.25) is 4.79 Å². The second-order valence-electron chi connectivity index (χ2n) is 6.02. The largest absolute Gasteiger partial charge is 0.347 e. The van der Waals surface area contributed by atoms with Crippen molar-refractivity contribution >= 4 is 29.1 Å². The van der Waals surface area contributed by atoms with Gasteiger partial charge in [-0.05, 0) is 49.2 Å². The lowest BCUT2D eigenvalue weighted by Crippen LogP contribution is -2.24. The lowest BCUT2D eigenvalue weighted by atomic mass is 10.1. The number of nitrogens with one attached hydrogen (secondary N) is 2. The van der Waals surface area contributed by atoms with Crippen LogP contribution < -0.4 is 10.6 Å². The van der Waals surface area contributed by atoms with Gasteiger partial charge in [-0.25, -0.2) is 9.97 Å². The van der Waals surface area contributed by atoms with Crippen LogP contribution in [0.15, 0.2) is 54.7 Å². The van der Waals surface area contributed by atoms with Crippen LogP contribution in [0.3, 0.4) is 0 Å². The number of benzene rings is 2. The van der Waals surface area contributed by atoms with Gasteiger partial charge in [0, 0.05) is 23.5 Å². The summed E-state index contributed by atoms with van der Waals surface area (Å²) < 4.78 is 0. The molecule has 6 heteroatoms. The van der Waals surface area contributed by atoms with E-state index in [1.54, 1.807) is 18.3 Å². The van der Waals surface area contributed by atoms with E-state index in [9.17, 15) is 4.79 Å². The van der Waals surface area contributed by atoms with Crippen molar-refractivity contribution < 1.29 is 4.79 Å². The van der Waals surface area contributed by atoms with E-state index in [-0.39, 0.29) is 5.91 Å². The zero-order valence-corrected chi connectivity index (χ0v) is 15.3. The SMILES string of the molecule is Cc1ccc(CNC(=O)c2ccnc(Nc3ccc(Cl)cc3C)n2)cc1. The molecule has 2 N–H and O–H groups in total. The Balaban J connectivity index is 1.68. The summed E-state index contributed by atoms with van der Waals surface area (Å²) in [6.45, 7) is 4.41. The van der Waals surface area contributed by atoms with Gasteiger partial charge in [-0.2, -0.15) is 0 Å². The van der Waals surface area contributed by atoms with Crippen LogP contribution in [0.2, 0.25) is 5.02 Å². The third-order valence-corrected chi connectivity index (χ3v) is 4.13. The van der Waals surface area contributed by atoms with E-state index in [0.29, 0.717) is 23.2 Å². The van der Waals surface area contributed by atoms with Gasteiger partial charge in [0.05, 0.1) is 0 Å². The molecule has 0 unspecified atom stereocenters. The summed E-state index contributed by atoms with van der Waals surface area (Å²) in [5.74, 6) is 0.113. The molecule has 3 rings (SSSR count). The summed E-state index contributed by atoms with van der Waals surface area (Å²) >= 11 is 5.97. The van der Waals surface area contributed by atoms with Crippen molar-refractivity contribution in [1.29, 1.82) is 0 Å². The molecule has 0 aliphatic rings. The van der Waals surface area contributed by atoms with Crippen molar-refractivity contribution in [2.45, 2.75) is 20.4 Å². The summed E-state index contributed by atoms with van der Waals surface area (Å²) in [6.07, 6.45) is 1.56. The average molecular weight is 367 g/mol. The Morgan fingerprint density at radius 2 is 1.85 bits per heavy atom. The van der Waals surface area contributed by atoms with Crippen molar-refractivity contribution in [2.24, 2.45) is 0 Å². The monoisotopic (exact) mass is 366 g/mol. The first-order valence-electron chi connectivity index (χ1n) is 8.21. The van der Waals surface area contributed by atoms with Crippen LogP contribution in [0.1, 0.15) is 27.2 Å². The number of amides is 1. The molecule has 2 aromatic carbocycles. The predicted octanol–water partition coefficient (Wildman–Crippen LogP) is 4.42. The molecule has 0 aliphatic heterocycles. The topological polar surface area (TPSA) is 66.9 Å². The van der Waals surface area contributed by atoms with E-state index in [2.05, 4.69) is 20.6 Å². The zero-order chi connectivity index (χ0) is 18.5. The lowest BCUT2D eigenvalue weighted by molar-refractivity contribution is 0.0946. The molecule has 1 aromatic heterocycles. The highest BCUT2D eigenvalue weighted by Crippen LogP contribution is 2.21. The van der Waals surface area contributed by atoms with Gasteiger partial charge in [-0.15, -0.1) is 0 Å². The van der Waals surface area contributed by atoms with Gasteiger partial charge in [0.15, 0.2) is 0 Å². The fourth-order valence-electron chi connectivity index (χ4n) is 2.41. The van der Waals surface area contributed by atoms with Gasteiger partial charge in [0.1, 0.15) is 5.69 Å². The molecule has 1 heterocycles. The van der Waals surface area contributed by atoms with Gasteiger partial charge in [-0.1, -0.05) is 41.4 Å². The first-order valence-corrected chi connectivity index (χ1v) is 8.59. The molecule has 132 valence electrons. The average Bonchev–Trinajstić information content (AvgIpc) is 2.63. The molecular formula is C20H19ClN4O. The highest BCUT2D eigenvalue weighted by Gasteiger charge is 2.09. The molecular weight excluding hydrogens is 348 g/mol. The number of anilines is 2. The predicted molar refractivity (Wildman–Crippen MR) is 104 cm³/mol. The van der Waals surface area contributed by atoms with Crippen LogP contribution >= 0.6 is 11.6 Å². The molecule has 26 heavy (non-hydrogen) atoms. The van der Waals surface area contributed by atoms with E-state index in [0.717, 1.165) is 16.8 Å². The van der Waals surface area contributed by atoms with Crippen molar-refractivity contribution in [3.8, 4) is 0 Å². The van der Waals surface area contributed by atoms with Crippen LogP contribution in [0.5, 0.6) is 0 Å². The molecule has 5 nitrogen and oxygen atoms in total. The van der Waals surface area contributed by atoms with Crippen LogP contribution in [-0.2, 0) is 6.54 Å². The van der Waals surface area contributed by atoms with Crippen molar-refractivity contribution in [2.75, 3.05) is 5.32 Å². The maximum Gasteiger partial charge on any atom is 0.270 e. The molecule has 0 spiro atoms. The highest BCUT2D eigenvalue weighted by molar-refractivity contribution is 6.30. The Hall–Kier alpha value is -2.92. The number of nitrogens with zero attached hydrogens (tertiary/aromatic N) is 2. The Morgan fingerprint density at radius 1 is 1.08 bits per heavy atom. The van der Waals surface area contributed by atoms with E-state index >= 15 is 0 Å². The Bertz CT molecular complexity index is 925. The van der Waals surface area contributed by atoms with Crippen LogP contribution in [-0.4, -0.2) is 15.9 Å². The second kappa shape index (κ2) is 7.97. The fraction of sp³-hybridized carbons (Fsp3) is 0.150. The number of aryl methyl sites for hydroxylation is 2. The number of rotatable bonds is 5. The number of hydrogen-bond acceptors (Lipinski definition) is 4. The minimum Gasteiger partial charge on any atom is -0.347 e. The quantitative estimate of drug-likeness (QED) is 0.701. The lowest BCUT2D eigenvalue weighted by Gasteiger charge is -2.10. The zero-order valence-electron chi connectivity index (χ0n) is 14.6. The normalized spacial score (nSPS) is 10.4. The molecule has 0 fully saturated rings. The smallest absolute Gasteiger partial charge is 0.270 e. The number of aromatic nitrogens is 2. The Labute approximate surface area is 157 Å². The number of carbonyl (C=O) groups excluding carboxylic acids is 1. The molecule has 0 saturated heterocycles. The van der Waals surface area contributed by atoms with E-state index in [1.165, 1.54) is 5.56 Å². The molecule has 1 amide bonds. The first kappa shape index (κ1) is 17.9. The van der Waals surface area contributed by atoms with E-state index < -0.39 is 0 Å². The Morgan fingerprint density at radius 3 is 2.58 bits per heavy atom. The molecule has 0 aliphatic carbocycles. The first-order chi connectivity index (χ1) is 12.5. The minimum atomic E-state index is -0.246. The molecule has 0 atom stereocenters. The molecule has 3 aromatic rings. The third kappa shape index (κ3) is 4.58. The number of halogens is 1. The molecule has 0 saturated carbocycles. The maximum atomic E-state index is 12.4. The summed E-state index contributed by atoms with van der Waals surface area (Å²) in [4.78, 5) is 20.8. The van der Waals surface area contributed by atoms with E-state index in [4.69, 9.17) is 11.6 Å². The van der Waals surface area contributed by atoms with Gasteiger partial charge in [0.25, 0.3) is 5.91 Å². The van der Waals surface area contributed by atoms with Crippen molar-refractivity contribution in [3.05, 3.63) is 82.1 Å². The summed E-state index contributed by atoms with van der Waals surface area (Å²) in [7, 11) is 0. The van der Waals surface area contributed by atoms with Crippen LogP contribution in [0, 0.1) is 13.8 Å². The van der Waals surface area contributed by atoms with Crippen LogP contribution in [0.4, 0.5) is 11.6 Å². The van der Waals surface area contributed by atoms with Gasteiger partial charge >= 0.3 is 0 Å². The van der Waals surface area contributed by atoms with Crippen LogP contribution in [0.25, 0.3) is 0 Å².